The summed E-state index contributed by atoms with van der Waals surface area (Å²) in [6.45, 7) is 4.34. The van der Waals surface area contributed by atoms with Gasteiger partial charge in [-0.05, 0) is 42.9 Å². The van der Waals surface area contributed by atoms with Gasteiger partial charge in [-0.2, -0.15) is 5.10 Å². The number of aliphatic hydroxyl groups is 1. The van der Waals surface area contributed by atoms with E-state index in [0.29, 0.717) is 12.5 Å². The minimum atomic E-state index is -1.01. The largest absolute Gasteiger partial charge is 0.384 e. The fourth-order valence-corrected chi connectivity index (χ4v) is 3.40. The minimum absolute atomic E-state index is 0.0533. The van der Waals surface area contributed by atoms with Gasteiger partial charge < -0.3 is 10.4 Å². The fraction of sp³-hybridized carbons (Fsp3) is 0.500. The predicted octanol–water partition coefficient (Wildman–Crippen LogP) is 2.68. The van der Waals surface area contributed by atoms with Gasteiger partial charge >= 0.3 is 0 Å². The van der Waals surface area contributed by atoms with Crippen LogP contribution in [-0.4, -0.2) is 21.4 Å². The van der Waals surface area contributed by atoms with E-state index < -0.39 is 5.60 Å². The average Bonchev–Trinajstić information content (AvgIpc) is 2.94. The van der Waals surface area contributed by atoms with Crippen LogP contribution in [0.5, 0.6) is 0 Å². The predicted molar refractivity (Wildman–Crippen MR) is 87.4 cm³/mol. The Labute approximate surface area is 136 Å². The summed E-state index contributed by atoms with van der Waals surface area (Å²) in [5.41, 5.74) is 1.59. The molecule has 1 aromatic heterocycles. The summed E-state index contributed by atoms with van der Waals surface area (Å²) >= 11 is 0. The Hall–Kier alpha value is -1.72. The lowest BCUT2D eigenvalue weighted by molar-refractivity contribution is 0.0507. The zero-order chi connectivity index (χ0) is 16.6. The molecule has 4 nitrogen and oxygen atoms in total. The molecule has 2 aromatic rings. The van der Waals surface area contributed by atoms with E-state index in [1.807, 2.05) is 19.3 Å². The molecule has 0 fully saturated rings. The van der Waals surface area contributed by atoms with E-state index in [1.54, 1.807) is 23.9 Å². The number of rotatable bonds is 4. The van der Waals surface area contributed by atoms with E-state index >= 15 is 0 Å². The molecule has 0 saturated heterocycles. The third kappa shape index (κ3) is 3.16. The summed E-state index contributed by atoms with van der Waals surface area (Å²) in [4.78, 5) is 0. The van der Waals surface area contributed by atoms with Gasteiger partial charge in [-0.25, -0.2) is 4.39 Å². The smallest absolute Gasteiger partial charge is 0.126 e. The van der Waals surface area contributed by atoms with Crippen LogP contribution in [0.1, 0.15) is 43.0 Å². The van der Waals surface area contributed by atoms with Crippen molar-refractivity contribution < 1.29 is 9.50 Å². The summed E-state index contributed by atoms with van der Waals surface area (Å²) in [5, 5.41) is 18.3. The molecule has 23 heavy (non-hydrogen) atoms. The molecule has 1 heterocycles. The van der Waals surface area contributed by atoms with Gasteiger partial charge in [0.1, 0.15) is 11.4 Å². The number of fused-ring (bicyclic) bond motifs is 1. The zero-order valence-electron chi connectivity index (χ0n) is 13.9. The third-order valence-electron chi connectivity index (χ3n) is 4.90. The molecule has 1 aliphatic rings. The van der Waals surface area contributed by atoms with Crippen LogP contribution in [0.2, 0.25) is 0 Å². The molecule has 0 aliphatic heterocycles. The van der Waals surface area contributed by atoms with Gasteiger partial charge in [-0.15, -0.1) is 0 Å². The first-order valence-corrected chi connectivity index (χ1v) is 8.10. The highest BCUT2D eigenvalue weighted by Gasteiger charge is 2.31. The highest BCUT2D eigenvalue weighted by Crippen LogP contribution is 2.36. The Kier molecular flexibility index (Phi) is 4.25. The van der Waals surface area contributed by atoms with Crippen molar-refractivity contribution in [1.82, 2.24) is 15.1 Å². The molecule has 0 amide bonds. The van der Waals surface area contributed by atoms with Crippen LogP contribution in [-0.2, 0) is 19.1 Å². The van der Waals surface area contributed by atoms with Gasteiger partial charge in [0.2, 0.25) is 0 Å². The Morgan fingerprint density at radius 1 is 1.48 bits per heavy atom. The fourth-order valence-electron chi connectivity index (χ4n) is 3.40. The summed E-state index contributed by atoms with van der Waals surface area (Å²) in [6.07, 6.45) is 5.22. The molecule has 1 aliphatic carbocycles. The number of hydrogen-bond acceptors (Lipinski definition) is 3. The molecule has 124 valence electrons. The van der Waals surface area contributed by atoms with Crippen molar-refractivity contribution in [2.75, 3.05) is 6.54 Å². The maximum Gasteiger partial charge on any atom is 0.126 e. The molecule has 1 aromatic carbocycles. The molecule has 0 bridgehead atoms. The van der Waals surface area contributed by atoms with Crippen LogP contribution < -0.4 is 5.32 Å². The molecule has 0 spiro atoms. The zero-order valence-corrected chi connectivity index (χ0v) is 13.9. The molecule has 3 atom stereocenters. The van der Waals surface area contributed by atoms with E-state index in [2.05, 4.69) is 17.3 Å². The van der Waals surface area contributed by atoms with Crippen molar-refractivity contribution in [3.8, 4) is 0 Å². The van der Waals surface area contributed by atoms with Crippen LogP contribution in [0.3, 0.4) is 0 Å². The number of hydrogen-bond donors (Lipinski definition) is 2. The van der Waals surface area contributed by atoms with Gasteiger partial charge in [-0.1, -0.05) is 19.1 Å². The Morgan fingerprint density at radius 2 is 2.26 bits per heavy atom. The van der Waals surface area contributed by atoms with E-state index in [0.717, 1.165) is 29.5 Å². The second-order valence-corrected chi connectivity index (χ2v) is 6.86. The van der Waals surface area contributed by atoms with Gasteiger partial charge in [0.05, 0.1) is 6.20 Å². The van der Waals surface area contributed by atoms with Crippen LogP contribution in [0, 0.1) is 11.7 Å². The van der Waals surface area contributed by atoms with Crippen molar-refractivity contribution in [2.24, 2.45) is 13.0 Å². The highest BCUT2D eigenvalue weighted by molar-refractivity contribution is 5.34. The number of nitrogens with zero attached hydrogens (tertiary/aromatic N) is 2. The monoisotopic (exact) mass is 317 g/mol. The van der Waals surface area contributed by atoms with Crippen molar-refractivity contribution in [2.45, 2.75) is 38.3 Å². The van der Waals surface area contributed by atoms with Crippen LogP contribution in [0.4, 0.5) is 4.39 Å². The van der Waals surface area contributed by atoms with Crippen LogP contribution >= 0.6 is 0 Å². The topological polar surface area (TPSA) is 50.1 Å². The second kappa shape index (κ2) is 6.06. The van der Waals surface area contributed by atoms with E-state index in [-0.39, 0.29) is 11.9 Å². The molecule has 3 unspecified atom stereocenters. The highest BCUT2D eigenvalue weighted by atomic mass is 19.1. The first kappa shape index (κ1) is 16.1. The number of nitrogens with one attached hydrogen (secondary N) is 1. The van der Waals surface area contributed by atoms with E-state index in [9.17, 15) is 9.50 Å². The van der Waals surface area contributed by atoms with Gasteiger partial charge in [-0.3, -0.25) is 4.68 Å². The normalized spacial score (nSPS) is 23.3. The summed E-state index contributed by atoms with van der Waals surface area (Å²) in [5.74, 6) is 0.272. The van der Waals surface area contributed by atoms with Crippen molar-refractivity contribution in [1.29, 1.82) is 0 Å². The van der Waals surface area contributed by atoms with Crippen molar-refractivity contribution in [3.63, 3.8) is 0 Å². The van der Waals surface area contributed by atoms with Crippen LogP contribution in [0.25, 0.3) is 0 Å². The van der Waals surface area contributed by atoms with E-state index in [4.69, 9.17) is 0 Å². The maximum absolute atomic E-state index is 14.0. The Balaban J connectivity index is 1.79. The third-order valence-corrected chi connectivity index (χ3v) is 4.90. The second-order valence-electron chi connectivity index (χ2n) is 6.86. The first-order valence-electron chi connectivity index (χ1n) is 8.10. The summed E-state index contributed by atoms with van der Waals surface area (Å²) < 4.78 is 15.7. The number of benzene rings is 1. The molecule has 0 saturated carbocycles. The average molecular weight is 317 g/mol. The molecule has 0 radical (unpaired) electrons. The molecular formula is C18H24FN3O. The Morgan fingerprint density at radius 3 is 2.96 bits per heavy atom. The molecule has 2 N–H and O–H groups in total. The standard InChI is InChI=1S/C18H24FN3O/c1-12-7-8-14-15(5-4-6-16(14)19)17(12)20-11-18(2,23)13-9-21-22(3)10-13/h4-6,9-10,12,17,20,23H,7-8,11H2,1-3H3. The number of halogens is 1. The number of aryl methyl sites for hydroxylation is 1. The Bertz CT molecular complexity index is 695. The van der Waals surface area contributed by atoms with E-state index in [1.165, 1.54) is 6.07 Å². The lowest BCUT2D eigenvalue weighted by Gasteiger charge is -2.34. The van der Waals surface area contributed by atoms with Gasteiger partial charge in [0, 0.05) is 31.4 Å². The lowest BCUT2D eigenvalue weighted by Crippen LogP contribution is -2.40. The molecular weight excluding hydrogens is 293 g/mol. The van der Waals surface area contributed by atoms with Crippen LogP contribution in [0.15, 0.2) is 30.6 Å². The molecule has 3 rings (SSSR count). The van der Waals surface area contributed by atoms with Gasteiger partial charge in [0.15, 0.2) is 0 Å². The lowest BCUT2D eigenvalue weighted by atomic mass is 9.80. The van der Waals surface area contributed by atoms with Gasteiger partial charge in [0.25, 0.3) is 0 Å². The SMILES string of the molecule is CC1CCc2c(F)cccc2C1NCC(C)(O)c1cnn(C)c1. The summed E-state index contributed by atoms with van der Waals surface area (Å²) in [6, 6.07) is 5.33. The number of aromatic nitrogens is 2. The minimum Gasteiger partial charge on any atom is -0.384 e. The quantitative estimate of drug-likeness (QED) is 0.911. The molecule has 5 heteroatoms. The van der Waals surface area contributed by atoms with Crippen molar-refractivity contribution >= 4 is 0 Å². The summed E-state index contributed by atoms with van der Waals surface area (Å²) in [7, 11) is 1.83. The first-order chi connectivity index (χ1) is 10.9. The maximum atomic E-state index is 14.0. The van der Waals surface area contributed by atoms with Crippen molar-refractivity contribution in [3.05, 3.63) is 53.1 Å².